The predicted molar refractivity (Wildman–Crippen MR) is 117 cm³/mol. The maximum atomic E-state index is 5.88. The van der Waals surface area contributed by atoms with Crippen molar-refractivity contribution >= 4 is 34.7 Å². The van der Waals surface area contributed by atoms with Crippen molar-refractivity contribution in [1.29, 1.82) is 0 Å². The third-order valence-corrected chi connectivity index (χ3v) is 5.97. The highest BCUT2D eigenvalue weighted by molar-refractivity contribution is 7.98. The number of aryl methyl sites for hydroxylation is 2. The lowest BCUT2D eigenvalue weighted by Crippen LogP contribution is -1.95. The molecular formula is C21H18ClN3O2S2. The molecule has 2 heterocycles. The minimum absolute atomic E-state index is 0.425. The second-order valence-corrected chi connectivity index (χ2v) is 8.82. The fraction of sp³-hybridized carbons (Fsp3) is 0.190. The largest absolute Gasteiger partial charge is 0.486 e. The summed E-state index contributed by atoms with van der Waals surface area (Å²) in [7, 11) is 0. The van der Waals surface area contributed by atoms with E-state index in [1.165, 1.54) is 22.9 Å². The summed E-state index contributed by atoms with van der Waals surface area (Å²) in [4.78, 5) is 4.60. The van der Waals surface area contributed by atoms with E-state index in [0.29, 0.717) is 28.5 Å². The Morgan fingerprint density at radius 1 is 1.07 bits per heavy atom. The smallest absolute Gasteiger partial charge is 0.277 e. The van der Waals surface area contributed by atoms with Gasteiger partial charge in [-0.2, -0.15) is 0 Å². The number of aromatic nitrogens is 3. The van der Waals surface area contributed by atoms with Gasteiger partial charge in [0.1, 0.15) is 17.4 Å². The van der Waals surface area contributed by atoms with Crippen molar-refractivity contribution in [3.63, 3.8) is 0 Å². The van der Waals surface area contributed by atoms with Gasteiger partial charge in [0.05, 0.1) is 5.69 Å². The zero-order chi connectivity index (χ0) is 20.2. The minimum Gasteiger partial charge on any atom is -0.486 e. The second kappa shape index (κ2) is 8.98. The fourth-order valence-corrected chi connectivity index (χ4v) is 4.37. The van der Waals surface area contributed by atoms with E-state index in [9.17, 15) is 0 Å². The number of rotatable bonds is 7. The molecule has 8 heteroatoms. The molecule has 0 aliphatic carbocycles. The van der Waals surface area contributed by atoms with Gasteiger partial charge in [0.2, 0.25) is 5.89 Å². The summed E-state index contributed by atoms with van der Waals surface area (Å²) in [6, 6.07) is 13.5. The Morgan fingerprint density at radius 2 is 1.83 bits per heavy atom. The van der Waals surface area contributed by atoms with Crippen molar-refractivity contribution < 1.29 is 9.15 Å². The number of hydrogen-bond donors (Lipinski definition) is 0. The van der Waals surface area contributed by atoms with Gasteiger partial charge >= 0.3 is 0 Å². The first-order valence-electron chi connectivity index (χ1n) is 8.92. The molecular weight excluding hydrogens is 426 g/mol. The number of hydrogen-bond acceptors (Lipinski definition) is 7. The lowest BCUT2D eigenvalue weighted by molar-refractivity contribution is 0.305. The molecule has 0 fully saturated rings. The SMILES string of the molecule is Cc1cc(C)cc(-c2nnc(SCc3csc(COc4ccc(Cl)cc4)n3)o2)c1. The first-order chi connectivity index (χ1) is 14.0. The van der Waals surface area contributed by atoms with Crippen molar-refractivity contribution in [2.24, 2.45) is 0 Å². The molecule has 0 atom stereocenters. The van der Waals surface area contributed by atoms with Gasteiger partial charge in [0.15, 0.2) is 0 Å². The molecule has 2 aromatic heterocycles. The molecule has 0 saturated heterocycles. The van der Waals surface area contributed by atoms with Crippen LogP contribution in [0.2, 0.25) is 5.02 Å². The number of thiazole rings is 1. The maximum Gasteiger partial charge on any atom is 0.277 e. The number of halogens is 1. The van der Waals surface area contributed by atoms with Crippen LogP contribution in [0.5, 0.6) is 5.75 Å². The number of thioether (sulfide) groups is 1. The van der Waals surface area contributed by atoms with Crippen LogP contribution in [0.1, 0.15) is 21.8 Å². The molecule has 148 valence electrons. The van der Waals surface area contributed by atoms with E-state index in [0.717, 1.165) is 22.0 Å². The normalized spacial score (nSPS) is 11.0. The molecule has 0 radical (unpaired) electrons. The number of ether oxygens (including phenoxy) is 1. The highest BCUT2D eigenvalue weighted by Gasteiger charge is 2.11. The molecule has 4 aromatic rings. The van der Waals surface area contributed by atoms with E-state index in [2.05, 4.69) is 35.1 Å². The Hall–Kier alpha value is -2.35. The first-order valence-corrected chi connectivity index (χ1v) is 11.2. The van der Waals surface area contributed by atoms with Crippen LogP contribution < -0.4 is 4.74 Å². The van der Waals surface area contributed by atoms with Crippen molar-refractivity contribution in [3.05, 3.63) is 74.7 Å². The lowest BCUT2D eigenvalue weighted by Gasteiger charge is -2.03. The Bertz CT molecular complexity index is 1090. The van der Waals surface area contributed by atoms with Crippen LogP contribution in [0.15, 0.2) is 57.5 Å². The molecule has 29 heavy (non-hydrogen) atoms. The van der Waals surface area contributed by atoms with Gasteiger partial charge in [-0.3, -0.25) is 0 Å². The quantitative estimate of drug-likeness (QED) is 0.311. The second-order valence-electron chi connectivity index (χ2n) is 6.51. The van der Waals surface area contributed by atoms with Gasteiger partial charge < -0.3 is 9.15 Å². The lowest BCUT2D eigenvalue weighted by atomic mass is 10.1. The van der Waals surface area contributed by atoms with Crippen molar-refractivity contribution in [3.8, 4) is 17.2 Å². The van der Waals surface area contributed by atoms with Gasteiger partial charge in [-0.05, 0) is 50.2 Å². The Labute approximate surface area is 182 Å². The van der Waals surface area contributed by atoms with Gasteiger partial charge in [-0.15, -0.1) is 21.5 Å². The maximum absolute atomic E-state index is 5.88. The summed E-state index contributed by atoms with van der Waals surface area (Å²) in [6.45, 7) is 4.53. The summed E-state index contributed by atoms with van der Waals surface area (Å²) < 4.78 is 11.5. The van der Waals surface area contributed by atoms with Crippen molar-refractivity contribution in [2.75, 3.05) is 0 Å². The van der Waals surface area contributed by atoms with Crippen LogP contribution in [0, 0.1) is 13.8 Å². The molecule has 0 N–H and O–H groups in total. The zero-order valence-corrected chi connectivity index (χ0v) is 18.3. The van der Waals surface area contributed by atoms with Gasteiger partial charge in [-0.25, -0.2) is 4.98 Å². The van der Waals surface area contributed by atoms with E-state index < -0.39 is 0 Å². The molecule has 4 rings (SSSR count). The van der Waals surface area contributed by atoms with E-state index in [1.54, 1.807) is 23.5 Å². The van der Waals surface area contributed by atoms with Crippen LogP contribution in [0.3, 0.4) is 0 Å². The van der Waals surface area contributed by atoms with Gasteiger partial charge in [0.25, 0.3) is 5.22 Å². The summed E-state index contributed by atoms with van der Waals surface area (Å²) in [6.07, 6.45) is 0. The molecule has 2 aromatic carbocycles. The molecule has 0 aliphatic rings. The Kier molecular flexibility index (Phi) is 6.18. The van der Waals surface area contributed by atoms with Crippen LogP contribution in [0.4, 0.5) is 0 Å². The number of nitrogens with zero attached hydrogens (tertiary/aromatic N) is 3. The Balaban J connectivity index is 1.33. The third-order valence-electron chi connectivity index (χ3n) is 3.99. The van der Waals surface area contributed by atoms with Gasteiger partial charge in [0, 0.05) is 21.7 Å². The fourth-order valence-electron chi connectivity index (χ4n) is 2.78. The van der Waals surface area contributed by atoms with Crippen LogP contribution in [0.25, 0.3) is 11.5 Å². The van der Waals surface area contributed by atoms with E-state index >= 15 is 0 Å². The monoisotopic (exact) mass is 443 g/mol. The summed E-state index contributed by atoms with van der Waals surface area (Å²) >= 11 is 8.93. The summed E-state index contributed by atoms with van der Waals surface area (Å²) in [5, 5.41) is 12.5. The molecule has 0 amide bonds. The highest BCUT2D eigenvalue weighted by atomic mass is 35.5. The van der Waals surface area contributed by atoms with Crippen LogP contribution in [-0.2, 0) is 12.4 Å². The average Bonchev–Trinajstić information content (AvgIpc) is 3.35. The van der Waals surface area contributed by atoms with Crippen molar-refractivity contribution in [2.45, 2.75) is 31.4 Å². The standard InChI is InChI=1S/C21H18ClN3O2S2/c1-13-7-14(2)9-15(8-13)20-24-25-21(27-20)29-12-17-11-28-19(23-17)10-26-18-5-3-16(22)4-6-18/h3-9,11H,10,12H2,1-2H3. The topological polar surface area (TPSA) is 61.0 Å². The summed E-state index contributed by atoms with van der Waals surface area (Å²) in [5.74, 6) is 1.96. The van der Waals surface area contributed by atoms with Gasteiger partial charge in [-0.1, -0.05) is 40.6 Å². The van der Waals surface area contributed by atoms with E-state index in [4.69, 9.17) is 20.8 Å². The molecule has 0 unspecified atom stereocenters. The van der Waals surface area contributed by atoms with E-state index in [1.807, 2.05) is 29.6 Å². The molecule has 5 nitrogen and oxygen atoms in total. The zero-order valence-electron chi connectivity index (χ0n) is 15.9. The molecule has 0 saturated carbocycles. The third kappa shape index (κ3) is 5.38. The Morgan fingerprint density at radius 3 is 2.59 bits per heavy atom. The molecule has 0 bridgehead atoms. The molecule has 0 aliphatic heterocycles. The number of benzene rings is 2. The van der Waals surface area contributed by atoms with Crippen LogP contribution >= 0.6 is 34.7 Å². The van der Waals surface area contributed by atoms with E-state index in [-0.39, 0.29) is 0 Å². The van der Waals surface area contributed by atoms with Crippen molar-refractivity contribution in [1.82, 2.24) is 15.2 Å². The minimum atomic E-state index is 0.425. The first kappa shape index (κ1) is 19.9. The highest BCUT2D eigenvalue weighted by Crippen LogP contribution is 2.27. The predicted octanol–water partition coefficient (Wildman–Crippen LogP) is 6.33. The molecule has 0 spiro atoms. The summed E-state index contributed by atoms with van der Waals surface area (Å²) in [5.41, 5.74) is 4.24. The van der Waals surface area contributed by atoms with Crippen LogP contribution in [-0.4, -0.2) is 15.2 Å². The average molecular weight is 444 g/mol.